The molecule has 4 atom stereocenters. The van der Waals surface area contributed by atoms with Gasteiger partial charge in [-0.25, -0.2) is 4.79 Å². The molecule has 0 spiro atoms. The molecular formula is C26H37N3O5. The number of urea groups is 1. The lowest BCUT2D eigenvalue weighted by Crippen LogP contribution is -2.47. The largest absolute Gasteiger partial charge is 0.487 e. The van der Waals surface area contributed by atoms with E-state index in [0.29, 0.717) is 6.42 Å². The summed E-state index contributed by atoms with van der Waals surface area (Å²) >= 11 is 0. The number of ether oxygens (including phenoxy) is 2. The minimum Gasteiger partial charge on any atom is -0.487 e. The zero-order valence-corrected chi connectivity index (χ0v) is 19.8. The molecule has 2 heterocycles. The number of carbonyl (C=O) groups excluding carboxylic acids is 2. The van der Waals surface area contributed by atoms with Crippen molar-refractivity contribution in [1.82, 2.24) is 10.6 Å². The number of benzene rings is 1. The minimum absolute atomic E-state index is 0.00772. The van der Waals surface area contributed by atoms with Crippen LogP contribution in [0.5, 0.6) is 5.75 Å². The fraction of sp³-hybridized carbons (Fsp3) is 0.692. The summed E-state index contributed by atoms with van der Waals surface area (Å²) in [6.45, 7) is -0.162. The molecule has 2 aliphatic carbocycles. The van der Waals surface area contributed by atoms with Gasteiger partial charge < -0.3 is 30.5 Å². The van der Waals surface area contributed by atoms with Crippen LogP contribution in [-0.4, -0.2) is 54.0 Å². The van der Waals surface area contributed by atoms with Gasteiger partial charge in [-0.3, -0.25) is 4.79 Å². The van der Waals surface area contributed by atoms with Crippen molar-refractivity contribution in [3.8, 4) is 5.75 Å². The number of amides is 3. The summed E-state index contributed by atoms with van der Waals surface area (Å²) in [4.78, 5) is 25.1. The average molecular weight is 472 g/mol. The highest BCUT2D eigenvalue weighted by atomic mass is 16.6. The fourth-order valence-corrected chi connectivity index (χ4v) is 6.13. The van der Waals surface area contributed by atoms with Crippen molar-refractivity contribution in [2.24, 2.45) is 0 Å². The van der Waals surface area contributed by atoms with Gasteiger partial charge in [0.05, 0.1) is 19.1 Å². The van der Waals surface area contributed by atoms with Crippen LogP contribution in [0.3, 0.4) is 0 Å². The summed E-state index contributed by atoms with van der Waals surface area (Å²) in [7, 11) is 0. The zero-order chi connectivity index (χ0) is 23.5. The van der Waals surface area contributed by atoms with Crippen molar-refractivity contribution in [3.05, 3.63) is 23.8 Å². The third kappa shape index (κ3) is 5.33. The molecule has 5 rings (SSSR count). The number of aliphatic hydroxyl groups is 1. The first-order chi connectivity index (χ1) is 16.6. The van der Waals surface area contributed by atoms with Gasteiger partial charge >= 0.3 is 6.03 Å². The van der Waals surface area contributed by atoms with E-state index in [4.69, 9.17) is 9.47 Å². The number of fused-ring (bicyclic) bond motifs is 3. The number of aliphatic hydroxyl groups excluding tert-OH is 1. The van der Waals surface area contributed by atoms with Gasteiger partial charge in [0, 0.05) is 29.3 Å². The van der Waals surface area contributed by atoms with E-state index in [9.17, 15) is 14.7 Å². The molecule has 3 amide bonds. The highest BCUT2D eigenvalue weighted by molar-refractivity contribution is 5.89. The van der Waals surface area contributed by atoms with Crippen molar-refractivity contribution < 1.29 is 24.2 Å². The topological polar surface area (TPSA) is 109 Å². The Morgan fingerprint density at radius 1 is 0.971 bits per heavy atom. The number of nitrogens with one attached hydrogen (secondary N) is 3. The zero-order valence-electron chi connectivity index (χ0n) is 19.8. The number of hydrogen-bond acceptors (Lipinski definition) is 5. The standard InChI is InChI=1S/C26H37N3O5/c30-15-23-25-21(13-19(33-23)14-24(31)27-16-8-4-5-9-16)20-12-18(10-11-22(20)34-25)29-26(32)28-17-6-2-1-3-7-17/h10-12,16-17,19,21,23,25,30H,1-9,13-15H2,(H,27,31)(H2,28,29,32)/t19-,21-,23+,25+/m0/s1. The van der Waals surface area contributed by atoms with Crippen molar-refractivity contribution in [2.75, 3.05) is 11.9 Å². The summed E-state index contributed by atoms with van der Waals surface area (Å²) in [5.74, 6) is 0.778. The van der Waals surface area contributed by atoms with Gasteiger partial charge in [0.2, 0.25) is 5.91 Å². The van der Waals surface area contributed by atoms with Gasteiger partial charge in [-0.1, -0.05) is 32.1 Å². The van der Waals surface area contributed by atoms with E-state index in [1.54, 1.807) is 0 Å². The fourth-order valence-electron chi connectivity index (χ4n) is 6.13. The van der Waals surface area contributed by atoms with Crippen LogP contribution in [0.25, 0.3) is 0 Å². The molecule has 8 heteroatoms. The lowest BCUT2D eigenvalue weighted by Gasteiger charge is -2.37. The first-order valence-corrected chi connectivity index (χ1v) is 13.0. The van der Waals surface area contributed by atoms with E-state index in [0.717, 1.165) is 55.5 Å². The number of anilines is 1. The predicted molar refractivity (Wildman–Crippen MR) is 128 cm³/mol. The van der Waals surface area contributed by atoms with Gasteiger partial charge in [-0.05, 0) is 50.3 Å². The number of carbonyl (C=O) groups is 2. The maximum Gasteiger partial charge on any atom is 0.319 e. The molecule has 2 aliphatic heterocycles. The van der Waals surface area contributed by atoms with E-state index in [1.165, 1.54) is 19.3 Å². The SMILES string of the molecule is O=C(C[C@@H]1C[C@H]2c3cc(NC(=O)NC4CCCCC4)ccc3O[C@H]2[C@@H](CO)O1)NC1CCCC1. The maximum atomic E-state index is 12.6. The molecule has 34 heavy (non-hydrogen) atoms. The lowest BCUT2D eigenvalue weighted by atomic mass is 9.84. The molecule has 0 bridgehead atoms. The molecule has 1 aromatic carbocycles. The normalized spacial score (nSPS) is 29.1. The predicted octanol–water partition coefficient (Wildman–Crippen LogP) is 3.58. The van der Waals surface area contributed by atoms with Crippen LogP contribution in [0.1, 0.15) is 82.1 Å². The van der Waals surface area contributed by atoms with Crippen LogP contribution < -0.4 is 20.7 Å². The molecule has 2 saturated carbocycles. The molecule has 1 aromatic rings. The molecule has 8 nitrogen and oxygen atoms in total. The summed E-state index contributed by atoms with van der Waals surface area (Å²) in [5, 5.41) is 19.2. The number of hydrogen-bond donors (Lipinski definition) is 4. The smallest absolute Gasteiger partial charge is 0.319 e. The van der Waals surface area contributed by atoms with E-state index < -0.39 is 6.10 Å². The Morgan fingerprint density at radius 3 is 2.41 bits per heavy atom. The van der Waals surface area contributed by atoms with Crippen LogP contribution in [-0.2, 0) is 9.53 Å². The van der Waals surface area contributed by atoms with Crippen molar-refractivity contribution >= 4 is 17.6 Å². The summed E-state index contributed by atoms with van der Waals surface area (Å²) in [5.41, 5.74) is 1.72. The van der Waals surface area contributed by atoms with E-state index in [1.807, 2.05) is 18.2 Å². The van der Waals surface area contributed by atoms with Gasteiger partial charge in [0.15, 0.2) is 0 Å². The van der Waals surface area contributed by atoms with Crippen LogP contribution in [0.15, 0.2) is 18.2 Å². The molecular weight excluding hydrogens is 434 g/mol. The van der Waals surface area contributed by atoms with Crippen LogP contribution in [0, 0.1) is 0 Å². The van der Waals surface area contributed by atoms with Crippen molar-refractivity contribution in [1.29, 1.82) is 0 Å². The Morgan fingerprint density at radius 2 is 1.68 bits per heavy atom. The molecule has 0 aromatic heterocycles. The van der Waals surface area contributed by atoms with E-state index in [-0.39, 0.29) is 55.2 Å². The minimum atomic E-state index is -0.485. The summed E-state index contributed by atoms with van der Waals surface area (Å²) in [6.07, 6.45) is 9.96. The first kappa shape index (κ1) is 23.4. The van der Waals surface area contributed by atoms with E-state index >= 15 is 0 Å². The third-order valence-corrected chi connectivity index (χ3v) is 7.83. The van der Waals surface area contributed by atoms with Crippen molar-refractivity contribution in [3.63, 3.8) is 0 Å². The monoisotopic (exact) mass is 471 g/mol. The molecule has 3 fully saturated rings. The second kappa shape index (κ2) is 10.5. The molecule has 186 valence electrons. The number of rotatable bonds is 6. The van der Waals surface area contributed by atoms with Crippen LogP contribution in [0.4, 0.5) is 10.5 Å². The summed E-state index contributed by atoms with van der Waals surface area (Å²) in [6, 6.07) is 6.03. The van der Waals surface area contributed by atoms with Crippen LogP contribution >= 0.6 is 0 Å². The van der Waals surface area contributed by atoms with Crippen LogP contribution in [0.2, 0.25) is 0 Å². The Labute approximate surface area is 201 Å². The van der Waals surface area contributed by atoms with E-state index in [2.05, 4.69) is 16.0 Å². The lowest BCUT2D eigenvalue weighted by molar-refractivity contribution is -0.142. The molecule has 1 saturated heterocycles. The van der Waals surface area contributed by atoms with Crippen molar-refractivity contribution in [2.45, 2.75) is 107 Å². The van der Waals surface area contributed by atoms with Gasteiger partial charge in [0.1, 0.15) is 18.0 Å². The first-order valence-electron chi connectivity index (χ1n) is 13.0. The van der Waals surface area contributed by atoms with Gasteiger partial charge in [-0.15, -0.1) is 0 Å². The Hall–Kier alpha value is -2.32. The second-order valence-electron chi connectivity index (χ2n) is 10.3. The Bertz CT molecular complexity index is 881. The molecule has 4 N–H and O–H groups in total. The molecule has 0 unspecified atom stereocenters. The molecule has 0 radical (unpaired) electrons. The second-order valence-corrected chi connectivity index (χ2v) is 10.3. The quantitative estimate of drug-likeness (QED) is 0.507. The average Bonchev–Trinajstić information content (AvgIpc) is 3.46. The summed E-state index contributed by atoms with van der Waals surface area (Å²) < 4.78 is 12.2. The van der Waals surface area contributed by atoms with Gasteiger partial charge in [0.25, 0.3) is 0 Å². The Kier molecular flexibility index (Phi) is 7.25. The Balaban J connectivity index is 1.23. The highest BCUT2D eigenvalue weighted by Crippen LogP contribution is 2.47. The third-order valence-electron chi connectivity index (χ3n) is 7.83. The van der Waals surface area contributed by atoms with Gasteiger partial charge in [-0.2, -0.15) is 0 Å². The maximum absolute atomic E-state index is 12.6. The highest BCUT2D eigenvalue weighted by Gasteiger charge is 2.46. The molecule has 4 aliphatic rings.